The first-order chi connectivity index (χ1) is 14.9. The SMILES string of the molecule is CCOC(=O)N1CCc2c(sc(NC(=O)CN3C(=O)c4ccccc4C3=O)c2C#N)C1. The summed E-state index contributed by atoms with van der Waals surface area (Å²) in [5, 5.41) is 12.6. The van der Waals surface area contributed by atoms with Gasteiger partial charge in [0.1, 0.15) is 17.6 Å². The highest BCUT2D eigenvalue weighted by Gasteiger charge is 2.36. The molecule has 1 N–H and O–H groups in total. The van der Waals surface area contributed by atoms with Crippen LogP contribution in [0.2, 0.25) is 0 Å². The van der Waals surface area contributed by atoms with Crippen LogP contribution in [0.1, 0.15) is 43.6 Å². The van der Waals surface area contributed by atoms with Gasteiger partial charge >= 0.3 is 6.09 Å². The van der Waals surface area contributed by atoms with Crippen LogP contribution in [-0.4, -0.2) is 53.3 Å². The van der Waals surface area contributed by atoms with Crippen LogP contribution in [0.15, 0.2) is 24.3 Å². The summed E-state index contributed by atoms with van der Waals surface area (Å²) in [5.41, 5.74) is 1.68. The predicted octanol–water partition coefficient (Wildman–Crippen LogP) is 2.37. The third kappa shape index (κ3) is 3.64. The molecule has 0 fully saturated rings. The second-order valence-electron chi connectivity index (χ2n) is 6.98. The Kier molecular flexibility index (Phi) is 5.44. The van der Waals surface area contributed by atoms with E-state index in [0.717, 1.165) is 15.3 Å². The third-order valence-electron chi connectivity index (χ3n) is 5.13. The number of hydrogen-bond donors (Lipinski definition) is 1. The van der Waals surface area contributed by atoms with Gasteiger partial charge in [0.15, 0.2) is 0 Å². The summed E-state index contributed by atoms with van der Waals surface area (Å²) in [6.45, 7) is 2.26. The zero-order valence-electron chi connectivity index (χ0n) is 16.6. The molecule has 31 heavy (non-hydrogen) atoms. The number of rotatable bonds is 4. The molecule has 0 saturated carbocycles. The van der Waals surface area contributed by atoms with Crippen molar-refractivity contribution in [1.82, 2.24) is 9.80 Å². The molecule has 4 rings (SSSR count). The van der Waals surface area contributed by atoms with E-state index in [2.05, 4.69) is 11.4 Å². The van der Waals surface area contributed by atoms with Gasteiger partial charge in [0, 0.05) is 11.4 Å². The van der Waals surface area contributed by atoms with E-state index in [0.29, 0.717) is 30.1 Å². The van der Waals surface area contributed by atoms with Crippen molar-refractivity contribution in [3.8, 4) is 6.07 Å². The first kappa shape index (κ1) is 20.6. The second-order valence-corrected chi connectivity index (χ2v) is 8.09. The molecule has 0 unspecified atom stereocenters. The van der Waals surface area contributed by atoms with Gasteiger partial charge in [-0.25, -0.2) is 4.79 Å². The van der Waals surface area contributed by atoms with E-state index in [4.69, 9.17) is 4.74 Å². The van der Waals surface area contributed by atoms with Gasteiger partial charge in [-0.3, -0.25) is 19.3 Å². The summed E-state index contributed by atoms with van der Waals surface area (Å²) in [6.07, 6.45) is 0.0539. The number of nitrogens with one attached hydrogen (secondary N) is 1. The highest BCUT2D eigenvalue weighted by atomic mass is 32.1. The molecule has 2 aromatic rings. The Bertz CT molecular complexity index is 1110. The molecule has 9 nitrogen and oxygen atoms in total. The summed E-state index contributed by atoms with van der Waals surface area (Å²) in [6, 6.07) is 8.52. The maximum Gasteiger partial charge on any atom is 0.410 e. The van der Waals surface area contributed by atoms with Gasteiger partial charge in [0.25, 0.3) is 11.8 Å². The molecule has 10 heteroatoms. The fourth-order valence-corrected chi connectivity index (χ4v) is 4.90. The van der Waals surface area contributed by atoms with E-state index >= 15 is 0 Å². The van der Waals surface area contributed by atoms with E-state index in [1.807, 2.05) is 0 Å². The molecule has 0 aliphatic carbocycles. The smallest absolute Gasteiger partial charge is 0.410 e. The van der Waals surface area contributed by atoms with Crippen molar-refractivity contribution in [1.29, 1.82) is 5.26 Å². The van der Waals surface area contributed by atoms with Gasteiger partial charge < -0.3 is 15.0 Å². The average molecular weight is 438 g/mol. The average Bonchev–Trinajstić information content (AvgIpc) is 3.23. The van der Waals surface area contributed by atoms with Crippen LogP contribution in [0, 0.1) is 11.3 Å². The number of amides is 4. The molecule has 0 atom stereocenters. The number of benzene rings is 1. The molecule has 3 heterocycles. The normalized spacial score (nSPS) is 14.7. The van der Waals surface area contributed by atoms with Crippen molar-refractivity contribution >= 4 is 40.2 Å². The Labute approximate surface area is 181 Å². The van der Waals surface area contributed by atoms with Crippen LogP contribution in [0.4, 0.5) is 9.80 Å². The molecule has 0 radical (unpaired) electrons. The predicted molar refractivity (Wildman–Crippen MR) is 111 cm³/mol. The highest BCUT2D eigenvalue weighted by molar-refractivity contribution is 7.16. The van der Waals surface area contributed by atoms with Crippen LogP contribution < -0.4 is 5.32 Å². The number of anilines is 1. The van der Waals surface area contributed by atoms with Crippen LogP contribution >= 0.6 is 11.3 Å². The Morgan fingerprint density at radius 2 is 1.90 bits per heavy atom. The second kappa shape index (κ2) is 8.20. The molecule has 158 valence electrons. The Hall–Kier alpha value is -3.71. The Morgan fingerprint density at radius 1 is 1.23 bits per heavy atom. The number of carbonyl (C=O) groups excluding carboxylic acids is 4. The molecule has 0 saturated heterocycles. The van der Waals surface area contributed by atoms with Crippen LogP contribution in [0.25, 0.3) is 0 Å². The van der Waals surface area contributed by atoms with Crippen molar-refractivity contribution in [2.24, 2.45) is 0 Å². The molecule has 4 amide bonds. The number of imide groups is 1. The van der Waals surface area contributed by atoms with E-state index in [1.54, 1.807) is 36.1 Å². The molecule has 2 aliphatic rings. The number of nitrogens with zero attached hydrogens (tertiary/aromatic N) is 3. The number of carbonyl (C=O) groups is 4. The molecule has 0 bridgehead atoms. The lowest BCUT2D eigenvalue weighted by Gasteiger charge is -2.25. The quantitative estimate of drug-likeness (QED) is 0.732. The zero-order valence-corrected chi connectivity index (χ0v) is 17.5. The minimum atomic E-state index is -0.577. The van der Waals surface area contributed by atoms with E-state index in [-0.39, 0.29) is 17.7 Å². The lowest BCUT2D eigenvalue weighted by Crippen LogP contribution is -2.37. The number of fused-ring (bicyclic) bond motifs is 2. The lowest BCUT2D eigenvalue weighted by molar-refractivity contribution is -0.116. The summed E-state index contributed by atoms with van der Waals surface area (Å²) < 4.78 is 5.03. The summed E-state index contributed by atoms with van der Waals surface area (Å²) in [5.74, 6) is -1.62. The van der Waals surface area contributed by atoms with Crippen molar-refractivity contribution in [3.63, 3.8) is 0 Å². The number of thiophene rings is 1. The van der Waals surface area contributed by atoms with Crippen molar-refractivity contribution in [2.45, 2.75) is 19.9 Å². The van der Waals surface area contributed by atoms with Gasteiger partial charge in [-0.1, -0.05) is 12.1 Å². The maximum absolute atomic E-state index is 12.6. The standard InChI is InChI=1S/C21H18N4O5S/c1-2-30-21(29)24-8-7-12-15(9-22)18(31-16(12)10-24)23-17(26)11-25-19(27)13-5-3-4-6-14(13)20(25)28/h3-6H,2,7-8,10-11H2,1H3,(H,23,26). The van der Waals surface area contributed by atoms with Gasteiger partial charge in [-0.15, -0.1) is 11.3 Å². The Morgan fingerprint density at radius 3 is 2.52 bits per heavy atom. The highest BCUT2D eigenvalue weighted by Crippen LogP contribution is 2.37. The third-order valence-corrected chi connectivity index (χ3v) is 6.26. The number of nitriles is 1. The van der Waals surface area contributed by atoms with Crippen molar-refractivity contribution < 1.29 is 23.9 Å². The van der Waals surface area contributed by atoms with Crippen LogP contribution in [0.5, 0.6) is 0 Å². The largest absolute Gasteiger partial charge is 0.450 e. The summed E-state index contributed by atoms with van der Waals surface area (Å²) in [7, 11) is 0. The molecular formula is C21H18N4O5S. The Balaban J connectivity index is 1.49. The maximum atomic E-state index is 12.6. The topological polar surface area (TPSA) is 120 Å². The number of hydrogen-bond acceptors (Lipinski definition) is 7. The molecular weight excluding hydrogens is 420 g/mol. The van der Waals surface area contributed by atoms with E-state index in [9.17, 15) is 24.4 Å². The minimum Gasteiger partial charge on any atom is -0.450 e. The van der Waals surface area contributed by atoms with Crippen LogP contribution in [0.3, 0.4) is 0 Å². The summed E-state index contributed by atoms with van der Waals surface area (Å²) in [4.78, 5) is 52.8. The van der Waals surface area contributed by atoms with Gasteiger partial charge in [0.05, 0.1) is 29.8 Å². The number of ether oxygens (including phenoxy) is 1. The fourth-order valence-electron chi connectivity index (χ4n) is 3.67. The first-order valence-corrected chi connectivity index (χ1v) is 10.5. The fraction of sp³-hybridized carbons (Fsp3) is 0.286. The van der Waals surface area contributed by atoms with Gasteiger partial charge in [0.2, 0.25) is 5.91 Å². The van der Waals surface area contributed by atoms with Gasteiger partial charge in [-0.05, 0) is 31.0 Å². The molecule has 2 aliphatic heterocycles. The minimum absolute atomic E-state index is 0.267. The van der Waals surface area contributed by atoms with E-state index in [1.165, 1.54) is 11.3 Å². The van der Waals surface area contributed by atoms with Crippen LogP contribution in [-0.2, 0) is 22.5 Å². The first-order valence-electron chi connectivity index (χ1n) is 9.66. The van der Waals surface area contributed by atoms with E-state index < -0.39 is 30.4 Å². The van der Waals surface area contributed by atoms with Gasteiger partial charge in [-0.2, -0.15) is 5.26 Å². The lowest BCUT2D eigenvalue weighted by atomic mass is 10.0. The van der Waals surface area contributed by atoms with Crippen molar-refractivity contribution in [3.05, 3.63) is 51.4 Å². The molecule has 1 aromatic carbocycles. The molecule has 0 spiro atoms. The monoisotopic (exact) mass is 438 g/mol. The molecule has 1 aromatic heterocycles. The van der Waals surface area contributed by atoms with Crippen molar-refractivity contribution in [2.75, 3.05) is 25.0 Å². The summed E-state index contributed by atoms with van der Waals surface area (Å²) >= 11 is 1.21. The zero-order chi connectivity index (χ0) is 22.1.